The van der Waals surface area contributed by atoms with Gasteiger partial charge in [0, 0.05) is 11.0 Å². The molecule has 160 valence electrons. The lowest BCUT2D eigenvalue weighted by molar-refractivity contribution is -0.156. The molecule has 8 nitrogen and oxygen atoms in total. The maximum atomic E-state index is 12.4. The lowest BCUT2D eigenvalue weighted by Gasteiger charge is -2.33. The number of carbonyl (C=O) groups excluding carboxylic acids is 2. The van der Waals surface area contributed by atoms with Gasteiger partial charge in [-0.1, -0.05) is 56.2 Å². The van der Waals surface area contributed by atoms with E-state index in [-0.39, 0.29) is 31.0 Å². The number of ether oxygens (including phenoxy) is 2. The molecule has 0 aliphatic heterocycles. The van der Waals surface area contributed by atoms with Gasteiger partial charge in [0.15, 0.2) is 0 Å². The highest BCUT2D eigenvalue weighted by Crippen LogP contribution is 2.25. The summed E-state index contributed by atoms with van der Waals surface area (Å²) in [6.07, 6.45) is 0.203. The van der Waals surface area contributed by atoms with Crippen molar-refractivity contribution in [3.05, 3.63) is 46.3 Å². The van der Waals surface area contributed by atoms with Crippen molar-refractivity contribution in [3.63, 3.8) is 0 Å². The molecule has 2 unspecified atom stereocenters. The Morgan fingerprint density at radius 2 is 1.76 bits per heavy atom. The zero-order valence-electron chi connectivity index (χ0n) is 18.1. The zero-order valence-corrected chi connectivity index (χ0v) is 18.1. The first-order valence-corrected chi connectivity index (χ1v) is 9.62. The normalized spacial score (nSPS) is 13.7. The van der Waals surface area contributed by atoms with Crippen LogP contribution in [0, 0.1) is 5.41 Å². The number of azide groups is 1. The van der Waals surface area contributed by atoms with Crippen molar-refractivity contribution in [1.82, 2.24) is 5.32 Å². The maximum Gasteiger partial charge on any atom is 0.320 e. The lowest BCUT2D eigenvalue weighted by atomic mass is 9.83. The molecule has 1 rings (SSSR count). The van der Waals surface area contributed by atoms with Crippen LogP contribution in [0.25, 0.3) is 10.4 Å². The van der Waals surface area contributed by atoms with Crippen molar-refractivity contribution >= 4 is 11.9 Å². The van der Waals surface area contributed by atoms with Gasteiger partial charge in [0.05, 0.1) is 6.54 Å². The second kappa shape index (κ2) is 10.8. The molecular formula is C21H32N4O4. The van der Waals surface area contributed by atoms with Gasteiger partial charge in [-0.25, -0.2) is 0 Å². The average Bonchev–Trinajstić information content (AvgIpc) is 2.60. The molecule has 0 radical (unpaired) electrons. The van der Waals surface area contributed by atoms with Gasteiger partial charge in [-0.3, -0.25) is 9.59 Å². The molecule has 29 heavy (non-hydrogen) atoms. The van der Waals surface area contributed by atoms with Gasteiger partial charge in [0.25, 0.3) is 0 Å². The minimum Gasteiger partial charge on any atom is -0.460 e. The standard InChI is InChI=1S/C21H32N4O4/c1-20(2,3)17(12-16(24-25-22)19(27)29-21(4,5)6)23-13-18(26)28-14-15-10-8-7-9-11-15/h7-11,16-17,23H,12-14H2,1-6H3. The lowest BCUT2D eigenvalue weighted by Crippen LogP contribution is -2.46. The van der Waals surface area contributed by atoms with Crippen LogP contribution in [-0.2, 0) is 25.7 Å². The van der Waals surface area contributed by atoms with E-state index in [1.807, 2.05) is 51.1 Å². The average molecular weight is 405 g/mol. The Hall–Kier alpha value is -2.57. The highest BCUT2D eigenvalue weighted by atomic mass is 16.6. The molecule has 8 heteroatoms. The summed E-state index contributed by atoms with van der Waals surface area (Å²) >= 11 is 0. The summed E-state index contributed by atoms with van der Waals surface area (Å²) in [4.78, 5) is 27.3. The van der Waals surface area contributed by atoms with Crippen molar-refractivity contribution in [2.24, 2.45) is 10.5 Å². The third-order valence-corrected chi connectivity index (χ3v) is 4.11. The predicted octanol–water partition coefficient (Wildman–Crippen LogP) is 4.14. The molecule has 0 bridgehead atoms. The number of nitrogens with zero attached hydrogens (tertiary/aromatic N) is 3. The van der Waals surface area contributed by atoms with E-state index in [0.717, 1.165) is 5.56 Å². The van der Waals surface area contributed by atoms with Gasteiger partial charge in [-0.15, -0.1) is 0 Å². The van der Waals surface area contributed by atoms with E-state index in [0.29, 0.717) is 0 Å². The van der Waals surface area contributed by atoms with Crippen molar-refractivity contribution in [3.8, 4) is 0 Å². The summed E-state index contributed by atoms with van der Waals surface area (Å²) in [5, 5.41) is 6.75. The molecule has 0 aliphatic rings. The van der Waals surface area contributed by atoms with Crippen molar-refractivity contribution in [2.75, 3.05) is 6.54 Å². The minimum absolute atomic E-state index is 0.0217. The van der Waals surface area contributed by atoms with E-state index in [2.05, 4.69) is 15.3 Å². The third kappa shape index (κ3) is 9.96. The van der Waals surface area contributed by atoms with Crippen LogP contribution in [0.15, 0.2) is 35.4 Å². The van der Waals surface area contributed by atoms with E-state index in [9.17, 15) is 9.59 Å². The van der Waals surface area contributed by atoms with Crippen molar-refractivity contribution in [1.29, 1.82) is 0 Å². The number of benzene rings is 1. The smallest absolute Gasteiger partial charge is 0.320 e. The fourth-order valence-electron chi connectivity index (χ4n) is 2.58. The molecule has 0 amide bonds. The number of nitrogens with one attached hydrogen (secondary N) is 1. The first-order chi connectivity index (χ1) is 13.4. The predicted molar refractivity (Wildman–Crippen MR) is 111 cm³/mol. The van der Waals surface area contributed by atoms with Crippen molar-refractivity contribution < 1.29 is 19.1 Å². The summed E-state index contributed by atoms with van der Waals surface area (Å²) in [6, 6.07) is 8.14. The van der Waals surface area contributed by atoms with Gasteiger partial charge in [-0.2, -0.15) is 0 Å². The number of hydrogen-bond donors (Lipinski definition) is 1. The van der Waals surface area contributed by atoms with Gasteiger partial charge in [0.2, 0.25) is 0 Å². The Labute approximate surface area is 172 Å². The SMILES string of the molecule is CC(C)(C)OC(=O)C(CC(NCC(=O)OCc1ccccc1)C(C)(C)C)N=[N+]=[N-]. The largest absolute Gasteiger partial charge is 0.460 e. The van der Waals surface area contributed by atoms with E-state index >= 15 is 0 Å². The van der Waals surface area contributed by atoms with Gasteiger partial charge in [-0.05, 0) is 43.7 Å². The second-order valence-corrected chi connectivity index (χ2v) is 8.94. The van der Waals surface area contributed by atoms with Gasteiger partial charge in [0.1, 0.15) is 18.2 Å². The van der Waals surface area contributed by atoms with Gasteiger partial charge >= 0.3 is 11.9 Å². The molecule has 1 aromatic carbocycles. The topological polar surface area (TPSA) is 113 Å². The molecule has 0 saturated carbocycles. The van der Waals surface area contributed by atoms with Crippen molar-refractivity contribution in [2.45, 2.75) is 72.3 Å². The fourth-order valence-corrected chi connectivity index (χ4v) is 2.58. The highest BCUT2D eigenvalue weighted by molar-refractivity contribution is 5.76. The minimum atomic E-state index is -0.990. The molecule has 1 aromatic rings. The summed E-state index contributed by atoms with van der Waals surface area (Å²) in [7, 11) is 0. The number of hydrogen-bond acceptors (Lipinski definition) is 6. The zero-order chi connectivity index (χ0) is 22.1. The van der Waals surface area contributed by atoms with E-state index < -0.39 is 23.6 Å². The quantitative estimate of drug-likeness (QED) is 0.287. The third-order valence-electron chi connectivity index (χ3n) is 4.11. The van der Waals surface area contributed by atoms with E-state index in [1.54, 1.807) is 20.8 Å². The van der Waals surface area contributed by atoms with Gasteiger partial charge < -0.3 is 14.8 Å². The van der Waals surface area contributed by atoms with Crippen LogP contribution >= 0.6 is 0 Å². The highest BCUT2D eigenvalue weighted by Gasteiger charge is 2.32. The molecule has 1 N–H and O–H groups in total. The first-order valence-electron chi connectivity index (χ1n) is 9.62. The Bertz CT molecular complexity index is 716. The maximum absolute atomic E-state index is 12.4. The Morgan fingerprint density at radius 3 is 2.28 bits per heavy atom. The Kier molecular flexibility index (Phi) is 9.14. The molecular weight excluding hydrogens is 372 g/mol. The molecule has 0 saturated heterocycles. The monoisotopic (exact) mass is 404 g/mol. The first kappa shape index (κ1) is 24.5. The number of rotatable bonds is 9. The summed E-state index contributed by atoms with van der Waals surface area (Å²) in [5.41, 5.74) is 8.77. The Balaban J connectivity index is 2.71. The second-order valence-electron chi connectivity index (χ2n) is 8.94. The van der Waals surface area contributed by atoms with Crippen LogP contribution in [0.3, 0.4) is 0 Å². The summed E-state index contributed by atoms with van der Waals surface area (Å²) in [5.74, 6) is -0.987. The van der Waals surface area contributed by atoms with Crippen LogP contribution in [-0.4, -0.2) is 36.2 Å². The number of carbonyl (C=O) groups is 2. The molecule has 0 aromatic heterocycles. The van der Waals surface area contributed by atoms with E-state index in [1.165, 1.54) is 0 Å². The molecule has 0 spiro atoms. The Morgan fingerprint density at radius 1 is 1.14 bits per heavy atom. The summed E-state index contributed by atoms with van der Waals surface area (Å²) in [6.45, 7) is 11.3. The number of esters is 2. The van der Waals surface area contributed by atoms with Crippen LogP contribution in [0.4, 0.5) is 0 Å². The van der Waals surface area contributed by atoms with Crippen LogP contribution in [0.2, 0.25) is 0 Å². The summed E-state index contributed by atoms with van der Waals surface area (Å²) < 4.78 is 10.6. The fraction of sp³-hybridized carbons (Fsp3) is 0.619. The van der Waals surface area contributed by atoms with Crippen LogP contribution in [0.5, 0.6) is 0 Å². The van der Waals surface area contributed by atoms with Crippen LogP contribution in [0.1, 0.15) is 53.5 Å². The molecule has 0 heterocycles. The van der Waals surface area contributed by atoms with E-state index in [4.69, 9.17) is 15.0 Å². The van der Waals surface area contributed by atoms with Crippen LogP contribution < -0.4 is 5.32 Å². The molecule has 0 fully saturated rings. The molecule has 0 aliphatic carbocycles. The molecule has 2 atom stereocenters.